The number of hydrogen-bond acceptors (Lipinski definition) is 2. The van der Waals surface area contributed by atoms with E-state index in [-0.39, 0.29) is 5.91 Å². The summed E-state index contributed by atoms with van der Waals surface area (Å²) in [5.74, 6) is 0.0810. The lowest BCUT2D eigenvalue weighted by Crippen LogP contribution is -2.35. The second-order valence-corrected chi connectivity index (χ2v) is 6.10. The molecule has 0 unspecified atom stereocenters. The number of carbonyl (C=O) groups is 1. The molecule has 2 rings (SSSR count). The number of rotatable bonds is 5. The van der Waals surface area contributed by atoms with Gasteiger partial charge in [-0.1, -0.05) is 29.8 Å². The van der Waals surface area contributed by atoms with E-state index in [1.807, 2.05) is 43.0 Å². The van der Waals surface area contributed by atoms with Crippen molar-refractivity contribution in [2.75, 3.05) is 23.3 Å². The van der Waals surface area contributed by atoms with Gasteiger partial charge in [0, 0.05) is 17.9 Å². The van der Waals surface area contributed by atoms with Gasteiger partial charge >= 0.3 is 0 Å². The van der Waals surface area contributed by atoms with E-state index in [2.05, 4.69) is 38.2 Å². The van der Waals surface area contributed by atoms with Gasteiger partial charge in [0.2, 0.25) is 5.91 Å². The van der Waals surface area contributed by atoms with Crippen LogP contribution in [0.1, 0.15) is 29.2 Å². The zero-order chi connectivity index (χ0) is 17.0. The van der Waals surface area contributed by atoms with Crippen molar-refractivity contribution < 1.29 is 4.79 Å². The largest absolute Gasteiger partial charge is 0.376 e. The van der Waals surface area contributed by atoms with Crippen LogP contribution < -0.4 is 10.2 Å². The second-order valence-electron chi connectivity index (χ2n) is 6.10. The van der Waals surface area contributed by atoms with Crippen molar-refractivity contribution in [2.24, 2.45) is 0 Å². The Hall–Kier alpha value is -2.29. The van der Waals surface area contributed by atoms with Crippen LogP contribution in [0.15, 0.2) is 36.4 Å². The Kier molecular flexibility index (Phi) is 5.43. The number of anilines is 2. The summed E-state index contributed by atoms with van der Waals surface area (Å²) < 4.78 is 0. The molecule has 0 aliphatic rings. The van der Waals surface area contributed by atoms with E-state index >= 15 is 0 Å². The average molecular weight is 310 g/mol. The number of nitrogens with one attached hydrogen (secondary N) is 1. The van der Waals surface area contributed by atoms with Gasteiger partial charge in [-0.15, -0.1) is 0 Å². The van der Waals surface area contributed by atoms with Crippen molar-refractivity contribution in [1.82, 2.24) is 0 Å². The lowest BCUT2D eigenvalue weighted by Gasteiger charge is -2.23. The van der Waals surface area contributed by atoms with Crippen LogP contribution in [0.25, 0.3) is 0 Å². The molecule has 0 spiro atoms. The van der Waals surface area contributed by atoms with Gasteiger partial charge in [0.05, 0.1) is 6.54 Å². The minimum atomic E-state index is 0.0810. The highest BCUT2D eigenvalue weighted by Crippen LogP contribution is 2.22. The molecule has 1 amide bonds. The molecule has 23 heavy (non-hydrogen) atoms. The fourth-order valence-corrected chi connectivity index (χ4v) is 3.02. The summed E-state index contributed by atoms with van der Waals surface area (Å²) in [7, 11) is 0. The number of nitrogens with zero attached hydrogens (tertiary/aromatic N) is 1. The fourth-order valence-electron chi connectivity index (χ4n) is 3.02. The van der Waals surface area contributed by atoms with E-state index in [4.69, 9.17) is 0 Å². The zero-order valence-corrected chi connectivity index (χ0v) is 14.7. The Labute approximate surface area is 139 Å². The van der Waals surface area contributed by atoms with E-state index in [0.717, 1.165) is 16.9 Å². The first-order valence-electron chi connectivity index (χ1n) is 8.11. The zero-order valence-electron chi connectivity index (χ0n) is 14.7. The number of amides is 1. The lowest BCUT2D eigenvalue weighted by atomic mass is 10.1. The summed E-state index contributed by atoms with van der Waals surface area (Å²) in [4.78, 5) is 14.4. The molecular formula is C20H26N2O. The van der Waals surface area contributed by atoms with Crippen molar-refractivity contribution in [1.29, 1.82) is 0 Å². The van der Waals surface area contributed by atoms with Gasteiger partial charge in [-0.05, 0) is 63.4 Å². The summed E-state index contributed by atoms with van der Waals surface area (Å²) in [6.07, 6.45) is 0. The standard InChI is InChI=1S/C20H26N2O/c1-6-22(18-9-7-8-14(2)12-18)19(23)13-21-20-16(4)10-15(3)11-17(20)5/h7-12,21H,6,13H2,1-5H3. The van der Waals surface area contributed by atoms with E-state index in [1.165, 1.54) is 16.7 Å². The maximum Gasteiger partial charge on any atom is 0.246 e. The van der Waals surface area contributed by atoms with Crippen LogP contribution in [0.3, 0.4) is 0 Å². The summed E-state index contributed by atoms with van der Waals surface area (Å²) in [6.45, 7) is 11.2. The van der Waals surface area contributed by atoms with Crippen molar-refractivity contribution >= 4 is 17.3 Å². The summed E-state index contributed by atoms with van der Waals surface area (Å²) >= 11 is 0. The van der Waals surface area contributed by atoms with Crippen LogP contribution in [-0.2, 0) is 4.79 Å². The maximum absolute atomic E-state index is 12.6. The van der Waals surface area contributed by atoms with Crippen molar-refractivity contribution in [3.05, 3.63) is 58.7 Å². The van der Waals surface area contributed by atoms with Gasteiger partial charge in [0.1, 0.15) is 0 Å². The van der Waals surface area contributed by atoms with Crippen LogP contribution in [0.5, 0.6) is 0 Å². The predicted molar refractivity (Wildman–Crippen MR) is 98.3 cm³/mol. The Morgan fingerprint density at radius 3 is 2.22 bits per heavy atom. The van der Waals surface area contributed by atoms with Gasteiger partial charge < -0.3 is 10.2 Å². The second kappa shape index (κ2) is 7.32. The third-order valence-electron chi connectivity index (χ3n) is 4.02. The lowest BCUT2D eigenvalue weighted by molar-refractivity contribution is -0.116. The van der Waals surface area contributed by atoms with Gasteiger partial charge in [0.25, 0.3) is 0 Å². The molecule has 0 saturated carbocycles. The summed E-state index contributed by atoms with van der Waals surface area (Å²) in [5, 5.41) is 3.32. The number of likely N-dealkylation sites (N-methyl/N-ethyl adjacent to an activating group) is 1. The van der Waals surface area contributed by atoms with Crippen molar-refractivity contribution in [3.63, 3.8) is 0 Å². The minimum absolute atomic E-state index is 0.0810. The summed E-state index contributed by atoms with van der Waals surface area (Å²) in [6, 6.07) is 12.3. The van der Waals surface area contributed by atoms with Gasteiger partial charge in [-0.25, -0.2) is 0 Å². The normalized spacial score (nSPS) is 10.5. The molecule has 0 aliphatic heterocycles. The first-order valence-corrected chi connectivity index (χ1v) is 8.11. The molecule has 3 nitrogen and oxygen atoms in total. The van der Waals surface area contributed by atoms with E-state index in [0.29, 0.717) is 13.1 Å². The number of hydrogen-bond donors (Lipinski definition) is 1. The van der Waals surface area contributed by atoms with Crippen LogP contribution in [-0.4, -0.2) is 19.0 Å². The molecular weight excluding hydrogens is 284 g/mol. The molecule has 0 fully saturated rings. The fraction of sp³-hybridized carbons (Fsp3) is 0.350. The molecule has 2 aromatic rings. The SMILES string of the molecule is CCN(C(=O)CNc1c(C)cc(C)cc1C)c1cccc(C)c1. The van der Waals surface area contributed by atoms with Gasteiger partial charge in [-0.2, -0.15) is 0 Å². The third-order valence-corrected chi connectivity index (χ3v) is 4.02. The molecule has 0 atom stereocenters. The molecule has 0 heterocycles. The quantitative estimate of drug-likeness (QED) is 0.888. The van der Waals surface area contributed by atoms with Gasteiger partial charge in [0.15, 0.2) is 0 Å². The van der Waals surface area contributed by atoms with Crippen LogP contribution in [0.4, 0.5) is 11.4 Å². The average Bonchev–Trinajstić information content (AvgIpc) is 2.47. The monoisotopic (exact) mass is 310 g/mol. The smallest absolute Gasteiger partial charge is 0.246 e. The molecule has 0 aromatic heterocycles. The molecule has 0 radical (unpaired) electrons. The predicted octanol–water partition coefficient (Wildman–Crippen LogP) is 4.39. The van der Waals surface area contributed by atoms with Crippen LogP contribution in [0, 0.1) is 27.7 Å². The first kappa shape index (κ1) is 17.1. The molecule has 3 heteroatoms. The number of aryl methyl sites for hydroxylation is 4. The highest BCUT2D eigenvalue weighted by molar-refractivity contribution is 5.96. The van der Waals surface area contributed by atoms with Gasteiger partial charge in [-0.3, -0.25) is 4.79 Å². The molecule has 0 saturated heterocycles. The molecule has 0 aliphatic carbocycles. The molecule has 2 aromatic carbocycles. The highest BCUT2D eigenvalue weighted by atomic mass is 16.2. The van der Waals surface area contributed by atoms with Crippen LogP contribution in [0.2, 0.25) is 0 Å². The van der Waals surface area contributed by atoms with Crippen molar-refractivity contribution in [2.45, 2.75) is 34.6 Å². The Bertz CT molecular complexity index is 684. The number of carbonyl (C=O) groups excluding carboxylic acids is 1. The molecule has 122 valence electrons. The summed E-state index contributed by atoms with van der Waals surface area (Å²) in [5.41, 5.74) is 6.77. The molecule has 0 bridgehead atoms. The molecule has 1 N–H and O–H groups in total. The number of benzene rings is 2. The maximum atomic E-state index is 12.6. The third kappa shape index (κ3) is 4.13. The Balaban J connectivity index is 2.12. The highest BCUT2D eigenvalue weighted by Gasteiger charge is 2.14. The van der Waals surface area contributed by atoms with E-state index < -0.39 is 0 Å². The van der Waals surface area contributed by atoms with E-state index in [1.54, 1.807) is 0 Å². The topological polar surface area (TPSA) is 32.3 Å². The van der Waals surface area contributed by atoms with Crippen molar-refractivity contribution in [3.8, 4) is 0 Å². The first-order chi connectivity index (χ1) is 10.9. The van der Waals surface area contributed by atoms with E-state index in [9.17, 15) is 4.79 Å². The Morgan fingerprint density at radius 2 is 1.65 bits per heavy atom. The minimum Gasteiger partial charge on any atom is -0.376 e. The van der Waals surface area contributed by atoms with Crippen LogP contribution >= 0.6 is 0 Å². The Morgan fingerprint density at radius 1 is 1.00 bits per heavy atom.